The number of amides is 1. The summed E-state index contributed by atoms with van der Waals surface area (Å²) in [6.45, 7) is 1.44. The Balaban J connectivity index is 1.80. The van der Waals surface area contributed by atoms with Crippen LogP contribution in [0.3, 0.4) is 0 Å². The van der Waals surface area contributed by atoms with Crippen molar-refractivity contribution < 1.29 is 13.2 Å². The van der Waals surface area contributed by atoms with Gasteiger partial charge in [-0.25, -0.2) is 13.8 Å². The van der Waals surface area contributed by atoms with Gasteiger partial charge in [-0.3, -0.25) is 4.79 Å². The maximum Gasteiger partial charge on any atom is 0.255 e. The van der Waals surface area contributed by atoms with E-state index in [4.69, 9.17) is 34.8 Å². The fourth-order valence-corrected chi connectivity index (χ4v) is 5.00. The Morgan fingerprint density at radius 3 is 2.24 bits per heavy atom. The number of hydrogen-bond acceptors (Lipinski definition) is 4. The van der Waals surface area contributed by atoms with Gasteiger partial charge in [0.05, 0.1) is 17.7 Å². The highest BCUT2D eigenvalue weighted by atomic mass is 35.5. The number of rotatable bonds is 9. The van der Waals surface area contributed by atoms with E-state index in [-0.39, 0.29) is 16.5 Å². The topological polar surface area (TPSA) is 78.8 Å². The number of carbonyl (C=O) groups excluding carboxylic acids is 1. The van der Waals surface area contributed by atoms with Crippen LogP contribution < -0.4 is 5.43 Å². The fourth-order valence-electron chi connectivity index (χ4n) is 3.04. The Kier molecular flexibility index (Phi) is 9.10. The van der Waals surface area contributed by atoms with Gasteiger partial charge >= 0.3 is 0 Å². The van der Waals surface area contributed by atoms with Gasteiger partial charge in [-0.15, -0.1) is 0 Å². The molecule has 0 saturated carbocycles. The molecule has 34 heavy (non-hydrogen) atoms. The summed E-state index contributed by atoms with van der Waals surface area (Å²) < 4.78 is 27.6. The van der Waals surface area contributed by atoms with Crippen molar-refractivity contribution in [2.75, 3.05) is 6.54 Å². The molecule has 0 atom stereocenters. The zero-order valence-corrected chi connectivity index (χ0v) is 21.3. The van der Waals surface area contributed by atoms with E-state index >= 15 is 0 Å². The second-order valence-electron chi connectivity index (χ2n) is 7.35. The summed E-state index contributed by atoms with van der Waals surface area (Å²) in [5.41, 5.74) is 4.87. The molecule has 10 heteroatoms. The minimum absolute atomic E-state index is 0.00528. The minimum Gasteiger partial charge on any atom is -0.272 e. The Bertz CT molecular complexity index is 1280. The van der Waals surface area contributed by atoms with Crippen LogP contribution in [0.5, 0.6) is 0 Å². The van der Waals surface area contributed by atoms with Crippen LogP contribution in [0, 0.1) is 0 Å². The average Bonchev–Trinajstić information content (AvgIpc) is 2.81. The molecule has 0 aliphatic heterocycles. The molecular formula is C24H22Cl3N3O3S. The highest BCUT2D eigenvalue weighted by Gasteiger charge is 2.27. The van der Waals surface area contributed by atoms with Crippen LogP contribution in [0.25, 0.3) is 0 Å². The highest BCUT2D eigenvalue weighted by molar-refractivity contribution is 7.89. The molecule has 0 aromatic heterocycles. The summed E-state index contributed by atoms with van der Waals surface area (Å²) in [5, 5.41) is 5.05. The molecular weight excluding hydrogens is 517 g/mol. The van der Waals surface area contributed by atoms with E-state index in [1.807, 2.05) is 24.3 Å². The Hall–Kier alpha value is -2.42. The van der Waals surface area contributed by atoms with E-state index in [9.17, 15) is 13.2 Å². The third-order valence-electron chi connectivity index (χ3n) is 4.92. The third-order valence-corrected chi connectivity index (χ3v) is 7.57. The first-order valence-electron chi connectivity index (χ1n) is 10.3. The van der Waals surface area contributed by atoms with Crippen molar-refractivity contribution in [3.63, 3.8) is 0 Å². The summed E-state index contributed by atoms with van der Waals surface area (Å²) in [5.74, 6) is -0.607. The van der Waals surface area contributed by atoms with Crippen LogP contribution in [0.1, 0.15) is 23.6 Å². The molecule has 0 aliphatic rings. The molecule has 0 unspecified atom stereocenters. The Labute approximate surface area is 214 Å². The quantitative estimate of drug-likeness (QED) is 0.287. The Morgan fingerprint density at radius 1 is 0.971 bits per heavy atom. The van der Waals surface area contributed by atoms with Crippen LogP contribution in [0.2, 0.25) is 15.1 Å². The zero-order valence-electron chi connectivity index (χ0n) is 18.2. The molecule has 1 amide bonds. The molecule has 0 saturated heterocycles. The monoisotopic (exact) mass is 537 g/mol. The van der Waals surface area contributed by atoms with Crippen LogP contribution in [0.4, 0.5) is 0 Å². The molecule has 0 radical (unpaired) electrons. The highest BCUT2D eigenvalue weighted by Crippen LogP contribution is 2.25. The predicted molar refractivity (Wildman–Crippen MR) is 137 cm³/mol. The van der Waals surface area contributed by atoms with Gasteiger partial charge < -0.3 is 0 Å². The molecule has 6 nitrogen and oxygen atoms in total. The normalized spacial score (nSPS) is 11.8. The lowest BCUT2D eigenvalue weighted by Crippen LogP contribution is -2.39. The van der Waals surface area contributed by atoms with Gasteiger partial charge in [-0.2, -0.15) is 9.41 Å². The van der Waals surface area contributed by atoms with E-state index < -0.39 is 22.5 Å². The van der Waals surface area contributed by atoms with Crippen LogP contribution in [-0.4, -0.2) is 31.4 Å². The molecule has 0 aliphatic carbocycles. The molecule has 0 bridgehead atoms. The molecule has 0 spiro atoms. The van der Waals surface area contributed by atoms with Crippen molar-refractivity contribution in [3.05, 3.63) is 98.5 Å². The predicted octanol–water partition coefficient (Wildman–Crippen LogP) is 5.55. The second kappa shape index (κ2) is 11.8. The first kappa shape index (κ1) is 26.2. The number of nitrogens with zero attached hydrogens (tertiary/aromatic N) is 2. The number of benzene rings is 3. The van der Waals surface area contributed by atoms with Gasteiger partial charge in [-0.1, -0.05) is 72.1 Å². The Morgan fingerprint density at radius 2 is 1.62 bits per heavy atom. The fraction of sp³-hybridized carbons (Fsp3) is 0.167. The van der Waals surface area contributed by atoms with E-state index in [1.165, 1.54) is 42.1 Å². The van der Waals surface area contributed by atoms with Gasteiger partial charge in [0.1, 0.15) is 0 Å². The van der Waals surface area contributed by atoms with E-state index in [0.717, 1.165) is 16.3 Å². The average molecular weight is 539 g/mol. The van der Waals surface area contributed by atoms with E-state index in [1.54, 1.807) is 12.1 Å². The molecule has 3 aromatic rings. The maximum absolute atomic E-state index is 13.3. The summed E-state index contributed by atoms with van der Waals surface area (Å²) in [4.78, 5) is 12.6. The molecule has 0 fully saturated rings. The first-order chi connectivity index (χ1) is 16.2. The lowest BCUT2D eigenvalue weighted by Gasteiger charge is -2.22. The molecule has 0 heterocycles. The number of aryl methyl sites for hydroxylation is 1. The van der Waals surface area contributed by atoms with Crippen LogP contribution in [-0.2, 0) is 27.8 Å². The van der Waals surface area contributed by atoms with Crippen molar-refractivity contribution in [1.29, 1.82) is 0 Å². The zero-order chi connectivity index (χ0) is 24.7. The summed E-state index contributed by atoms with van der Waals surface area (Å²) >= 11 is 18.1. The van der Waals surface area contributed by atoms with Gasteiger partial charge in [0.25, 0.3) is 5.91 Å². The van der Waals surface area contributed by atoms with Gasteiger partial charge in [0.2, 0.25) is 10.0 Å². The number of hydrazone groups is 1. The number of sulfonamides is 1. The smallest absolute Gasteiger partial charge is 0.255 e. The van der Waals surface area contributed by atoms with Crippen LogP contribution >= 0.6 is 34.8 Å². The SMILES string of the molecule is CCc1ccc(/C=N\NC(=O)CN(Cc2ccc(Cl)cc2Cl)S(=O)(=O)c2ccc(Cl)cc2)cc1. The number of nitrogens with one attached hydrogen (secondary N) is 1. The molecule has 178 valence electrons. The molecule has 3 rings (SSSR count). The summed E-state index contributed by atoms with van der Waals surface area (Å²) in [6, 6.07) is 18.1. The first-order valence-corrected chi connectivity index (χ1v) is 12.9. The van der Waals surface area contributed by atoms with E-state index in [0.29, 0.717) is 15.6 Å². The van der Waals surface area contributed by atoms with Gasteiger partial charge in [0, 0.05) is 21.6 Å². The van der Waals surface area contributed by atoms with Crippen molar-refractivity contribution >= 4 is 56.9 Å². The minimum atomic E-state index is -4.05. The molecule has 3 aromatic carbocycles. The number of halogens is 3. The van der Waals surface area contributed by atoms with Gasteiger partial charge in [0.15, 0.2) is 0 Å². The second-order valence-corrected chi connectivity index (χ2v) is 10.6. The lowest BCUT2D eigenvalue weighted by atomic mass is 10.1. The van der Waals surface area contributed by atoms with Crippen molar-refractivity contribution in [3.8, 4) is 0 Å². The summed E-state index contributed by atoms with van der Waals surface area (Å²) in [7, 11) is -4.05. The largest absolute Gasteiger partial charge is 0.272 e. The van der Waals surface area contributed by atoms with E-state index in [2.05, 4.69) is 17.5 Å². The van der Waals surface area contributed by atoms with Crippen LogP contribution in [0.15, 0.2) is 76.7 Å². The summed E-state index contributed by atoms with van der Waals surface area (Å²) in [6.07, 6.45) is 2.41. The van der Waals surface area contributed by atoms with Crippen molar-refractivity contribution in [1.82, 2.24) is 9.73 Å². The standard InChI is InChI=1S/C24H22Cl3N3O3S/c1-2-17-3-5-18(6-4-17)14-28-29-24(31)16-30(15-19-7-8-21(26)13-23(19)27)34(32,33)22-11-9-20(25)10-12-22/h3-14H,2,15-16H2,1H3,(H,29,31)/b28-14-. The van der Waals surface area contributed by atoms with Crippen molar-refractivity contribution in [2.24, 2.45) is 5.10 Å². The number of carbonyl (C=O) groups is 1. The van der Waals surface area contributed by atoms with Gasteiger partial charge in [-0.05, 0) is 59.5 Å². The van der Waals surface area contributed by atoms with Crippen molar-refractivity contribution in [2.45, 2.75) is 24.8 Å². The molecule has 1 N–H and O–H groups in total. The lowest BCUT2D eigenvalue weighted by molar-refractivity contribution is -0.121. The third kappa shape index (κ3) is 7.04. The maximum atomic E-state index is 13.3. The number of hydrogen-bond donors (Lipinski definition) is 1.